The van der Waals surface area contributed by atoms with Gasteiger partial charge in [-0.3, -0.25) is 4.79 Å². The fourth-order valence-electron chi connectivity index (χ4n) is 2.30. The van der Waals surface area contributed by atoms with E-state index in [-0.39, 0.29) is 0 Å². The SMILES string of the molecule is C[C@H](C(=O)Nc1cccc(Cl)c1)n1ncc(-c2ccc(Cl)cc2)nc1=O. The molecule has 0 aliphatic carbocycles. The molecule has 1 N–H and O–H groups in total. The number of carbonyl (C=O) groups excluding carboxylic acids is 1. The highest BCUT2D eigenvalue weighted by Crippen LogP contribution is 2.19. The van der Waals surface area contributed by atoms with E-state index in [0.717, 1.165) is 4.68 Å². The molecule has 0 aliphatic heterocycles. The molecule has 8 heteroatoms. The lowest BCUT2D eigenvalue weighted by atomic mass is 10.2. The number of carbonyl (C=O) groups is 1. The zero-order valence-electron chi connectivity index (χ0n) is 13.7. The van der Waals surface area contributed by atoms with E-state index in [2.05, 4.69) is 15.4 Å². The standard InChI is InChI=1S/C18H14Cl2N4O2/c1-11(17(25)22-15-4-2-3-14(20)9-15)24-18(26)23-16(10-21-24)12-5-7-13(19)8-6-12/h2-11H,1H3,(H,22,25)/t11-/m1/s1. The van der Waals surface area contributed by atoms with E-state index in [9.17, 15) is 9.59 Å². The number of amides is 1. The highest BCUT2D eigenvalue weighted by Gasteiger charge is 2.18. The number of halogens is 2. The van der Waals surface area contributed by atoms with Crippen LogP contribution in [-0.2, 0) is 4.79 Å². The zero-order chi connectivity index (χ0) is 18.7. The third-order valence-corrected chi connectivity index (χ3v) is 4.18. The van der Waals surface area contributed by atoms with Gasteiger partial charge in [0.25, 0.3) is 0 Å². The predicted octanol–water partition coefficient (Wildman–Crippen LogP) is 3.81. The molecule has 0 fully saturated rings. The number of aromatic nitrogens is 3. The molecule has 0 unspecified atom stereocenters. The Kier molecular flexibility index (Phi) is 5.35. The normalized spacial score (nSPS) is 11.8. The summed E-state index contributed by atoms with van der Waals surface area (Å²) in [5.41, 5.74) is 1.03. The summed E-state index contributed by atoms with van der Waals surface area (Å²) in [6.07, 6.45) is 1.44. The first kappa shape index (κ1) is 18.1. The highest BCUT2D eigenvalue weighted by atomic mass is 35.5. The first-order valence-corrected chi connectivity index (χ1v) is 8.48. The van der Waals surface area contributed by atoms with Crippen LogP contribution in [-0.4, -0.2) is 20.7 Å². The van der Waals surface area contributed by atoms with Crippen molar-refractivity contribution in [2.45, 2.75) is 13.0 Å². The van der Waals surface area contributed by atoms with E-state index >= 15 is 0 Å². The van der Waals surface area contributed by atoms with Crippen LogP contribution in [0.15, 0.2) is 59.5 Å². The van der Waals surface area contributed by atoms with Gasteiger partial charge in [0.05, 0.1) is 11.9 Å². The summed E-state index contributed by atoms with van der Waals surface area (Å²) in [6, 6.07) is 12.8. The monoisotopic (exact) mass is 388 g/mol. The average molecular weight is 389 g/mol. The predicted molar refractivity (Wildman–Crippen MR) is 102 cm³/mol. The van der Waals surface area contributed by atoms with Crippen molar-refractivity contribution in [3.05, 3.63) is 75.3 Å². The molecule has 26 heavy (non-hydrogen) atoms. The van der Waals surface area contributed by atoms with Gasteiger partial charge in [-0.25, -0.2) is 9.48 Å². The van der Waals surface area contributed by atoms with Crippen LogP contribution in [0.3, 0.4) is 0 Å². The van der Waals surface area contributed by atoms with Crippen LogP contribution in [0.4, 0.5) is 5.69 Å². The second-order valence-electron chi connectivity index (χ2n) is 5.55. The average Bonchev–Trinajstić information content (AvgIpc) is 2.61. The van der Waals surface area contributed by atoms with Crippen LogP contribution in [0, 0.1) is 0 Å². The maximum Gasteiger partial charge on any atom is 0.365 e. The number of nitrogens with one attached hydrogen (secondary N) is 1. The van der Waals surface area contributed by atoms with Gasteiger partial charge in [-0.15, -0.1) is 0 Å². The molecule has 132 valence electrons. The van der Waals surface area contributed by atoms with Crippen molar-refractivity contribution in [1.29, 1.82) is 0 Å². The summed E-state index contributed by atoms with van der Waals surface area (Å²) in [7, 11) is 0. The molecule has 0 saturated heterocycles. The molecular weight excluding hydrogens is 375 g/mol. The molecule has 3 rings (SSSR count). The Bertz CT molecular complexity index is 1000. The highest BCUT2D eigenvalue weighted by molar-refractivity contribution is 6.31. The van der Waals surface area contributed by atoms with E-state index in [1.807, 2.05) is 0 Å². The van der Waals surface area contributed by atoms with E-state index in [4.69, 9.17) is 23.2 Å². The Morgan fingerprint density at radius 2 is 1.85 bits per heavy atom. The van der Waals surface area contributed by atoms with Crippen LogP contribution < -0.4 is 11.0 Å². The van der Waals surface area contributed by atoms with Crippen molar-refractivity contribution < 1.29 is 4.79 Å². The first-order chi connectivity index (χ1) is 12.4. The van der Waals surface area contributed by atoms with Gasteiger partial charge in [-0.2, -0.15) is 10.1 Å². The molecule has 1 heterocycles. The molecule has 1 aromatic heterocycles. The minimum absolute atomic E-state index is 0.400. The maximum absolute atomic E-state index is 12.4. The van der Waals surface area contributed by atoms with E-state index in [1.54, 1.807) is 55.5 Å². The topological polar surface area (TPSA) is 76.9 Å². The molecule has 0 radical (unpaired) electrons. The van der Waals surface area contributed by atoms with E-state index in [1.165, 1.54) is 6.20 Å². The number of anilines is 1. The summed E-state index contributed by atoms with van der Waals surface area (Å²) in [6.45, 7) is 1.57. The lowest BCUT2D eigenvalue weighted by molar-refractivity contribution is -0.119. The molecule has 0 spiro atoms. The smallest absolute Gasteiger partial charge is 0.324 e. The lowest BCUT2D eigenvalue weighted by Gasteiger charge is -2.14. The Morgan fingerprint density at radius 1 is 1.12 bits per heavy atom. The van der Waals surface area contributed by atoms with Gasteiger partial charge in [-0.05, 0) is 37.3 Å². The fraction of sp³-hybridized carbons (Fsp3) is 0.111. The molecular formula is C18H14Cl2N4O2. The van der Waals surface area contributed by atoms with Gasteiger partial charge in [0.2, 0.25) is 5.91 Å². The first-order valence-electron chi connectivity index (χ1n) is 7.72. The van der Waals surface area contributed by atoms with Gasteiger partial charge in [-0.1, -0.05) is 41.4 Å². The van der Waals surface area contributed by atoms with Gasteiger partial charge in [0, 0.05) is 21.3 Å². The Balaban J connectivity index is 1.81. The van der Waals surface area contributed by atoms with Crippen molar-refractivity contribution in [2.24, 2.45) is 0 Å². The third-order valence-electron chi connectivity index (χ3n) is 3.69. The van der Waals surface area contributed by atoms with Crippen molar-refractivity contribution in [2.75, 3.05) is 5.32 Å². The van der Waals surface area contributed by atoms with Crippen molar-refractivity contribution >= 4 is 34.8 Å². The summed E-state index contributed by atoms with van der Waals surface area (Å²) >= 11 is 11.8. The van der Waals surface area contributed by atoms with Crippen LogP contribution in [0.2, 0.25) is 10.0 Å². The van der Waals surface area contributed by atoms with Gasteiger partial charge in [0.15, 0.2) is 0 Å². The number of benzene rings is 2. The van der Waals surface area contributed by atoms with Crippen molar-refractivity contribution in [3.63, 3.8) is 0 Å². The van der Waals surface area contributed by atoms with Crippen molar-refractivity contribution in [3.8, 4) is 11.3 Å². The quantitative estimate of drug-likeness (QED) is 0.736. The van der Waals surface area contributed by atoms with Crippen molar-refractivity contribution in [1.82, 2.24) is 14.8 Å². The zero-order valence-corrected chi connectivity index (χ0v) is 15.2. The summed E-state index contributed by atoms with van der Waals surface area (Å²) in [5, 5.41) is 7.86. The molecule has 0 bridgehead atoms. The summed E-state index contributed by atoms with van der Waals surface area (Å²) in [4.78, 5) is 28.7. The summed E-state index contributed by atoms with van der Waals surface area (Å²) in [5.74, 6) is -0.400. The number of nitrogens with zero attached hydrogens (tertiary/aromatic N) is 3. The second kappa shape index (κ2) is 7.68. The minimum atomic E-state index is -0.840. The van der Waals surface area contributed by atoms with Gasteiger partial charge >= 0.3 is 5.69 Å². The lowest BCUT2D eigenvalue weighted by Crippen LogP contribution is -2.34. The van der Waals surface area contributed by atoms with Crippen LogP contribution >= 0.6 is 23.2 Å². The molecule has 3 aromatic rings. The Morgan fingerprint density at radius 3 is 2.50 bits per heavy atom. The number of hydrogen-bond acceptors (Lipinski definition) is 4. The van der Waals surface area contributed by atoms with Crippen LogP contribution in [0.1, 0.15) is 13.0 Å². The van der Waals surface area contributed by atoms with Gasteiger partial charge in [0.1, 0.15) is 6.04 Å². The molecule has 1 amide bonds. The van der Waals surface area contributed by atoms with Crippen LogP contribution in [0.25, 0.3) is 11.3 Å². The summed E-state index contributed by atoms with van der Waals surface area (Å²) < 4.78 is 1.03. The fourth-order valence-corrected chi connectivity index (χ4v) is 2.62. The van der Waals surface area contributed by atoms with E-state index in [0.29, 0.717) is 27.0 Å². The number of rotatable bonds is 4. The molecule has 2 aromatic carbocycles. The minimum Gasteiger partial charge on any atom is -0.324 e. The number of hydrogen-bond donors (Lipinski definition) is 1. The Labute approximate surface area is 159 Å². The van der Waals surface area contributed by atoms with E-state index < -0.39 is 17.6 Å². The van der Waals surface area contributed by atoms with Gasteiger partial charge < -0.3 is 5.32 Å². The maximum atomic E-state index is 12.4. The third kappa shape index (κ3) is 4.09. The molecule has 0 aliphatic rings. The molecule has 1 atom stereocenters. The largest absolute Gasteiger partial charge is 0.365 e. The second-order valence-corrected chi connectivity index (χ2v) is 6.42. The molecule has 0 saturated carbocycles. The Hall–Kier alpha value is -2.70. The molecule has 6 nitrogen and oxygen atoms in total. The van der Waals surface area contributed by atoms with Crippen LogP contribution in [0.5, 0.6) is 0 Å².